The molecule has 128 valence electrons. The average molecular weight is 346 g/mol. The van der Waals surface area contributed by atoms with Gasteiger partial charge in [-0.15, -0.1) is 0 Å². The number of amides is 1. The smallest absolute Gasteiger partial charge is 0.234 e. The van der Waals surface area contributed by atoms with Gasteiger partial charge in [0.2, 0.25) is 10.7 Å². The van der Waals surface area contributed by atoms with Crippen LogP contribution in [0.25, 0.3) is 5.69 Å². The lowest BCUT2D eigenvalue weighted by molar-refractivity contribution is -0.122. The lowest BCUT2D eigenvalue weighted by Crippen LogP contribution is -2.37. The molecule has 0 spiro atoms. The monoisotopic (exact) mass is 346 g/mol. The van der Waals surface area contributed by atoms with E-state index >= 15 is 0 Å². The van der Waals surface area contributed by atoms with Crippen LogP contribution in [0.3, 0.4) is 0 Å². The fraction of sp³-hybridized carbons (Fsp3) is 0.500. The topological polar surface area (TPSA) is 68.0 Å². The van der Waals surface area contributed by atoms with Crippen LogP contribution in [0.1, 0.15) is 24.0 Å². The molecule has 2 aromatic rings. The number of carbonyl (C=O) groups is 1. The summed E-state index contributed by atoms with van der Waals surface area (Å²) in [6, 6.07) is 6.43. The molecular formula is C16H22N6OS. The molecule has 8 heteroatoms. The molecule has 1 aromatic carbocycles. The van der Waals surface area contributed by atoms with Crippen molar-refractivity contribution in [1.82, 2.24) is 30.0 Å². The van der Waals surface area contributed by atoms with Gasteiger partial charge in [0, 0.05) is 6.04 Å². The van der Waals surface area contributed by atoms with E-state index in [0.29, 0.717) is 24.0 Å². The molecule has 7 nitrogen and oxygen atoms in total. The van der Waals surface area contributed by atoms with Gasteiger partial charge >= 0.3 is 0 Å². The fourth-order valence-corrected chi connectivity index (χ4v) is 2.89. The number of nitrogens with zero attached hydrogens (tertiary/aromatic N) is 5. The Balaban J connectivity index is 1.73. The van der Waals surface area contributed by atoms with Crippen LogP contribution in [0, 0.1) is 18.6 Å². The maximum atomic E-state index is 11.9. The highest BCUT2D eigenvalue weighted by Gasteiger charge is 2.23. The molecule has 1 aromatic heterocycles. The number of carbonyl (C=O) groups excluding carboxylic acids is 1. The van der Waals surface area contributed by atoms with Crippen LogP contribution in [-0.4, -0.2) is 50.2 Å². The summed E-state index contributed by atoms with van der Waals surface area (Å²) >= 11 is 5.51. The summed E-state index contributed by atoms with van der Waals surface area (Å²) in [7, 11) is 1.87. The van der Waals surface area contributed by atoms with Gasteiger partial charge in [0.15, 0.2) is 0 Å². The number of para-hydroxylation sites is 1. The van der Waals surface area contributed by atoms with Crippen LogP contribution in [0.2, 0.25) is 0 Å². The van der Waals surface area contributed by atoms with Crippen molar-refractivity contribution >= 4 is 18.1 Å². The molecule has 1 amide bonds. The van der Waals surface area contributed by atoms with Crippen LogP contribution in [0.5, 0.6) is 0 Å². The van der Waals surface area contributed by atoms with Gasteiger partial charge in [0.25, 0.3) is 0 Å². The minimum atomic E-state index is 0.0358. The zero-order valence-electron chi connectivity index (χ0n) is 14.2. The lowest BCUT2D eigenvalue weighted by Gasteiger charge is -2.15. The molecule has 1 saturated carbocycles. The number of rotatable bonds is 6. The van der Waals surface area contributed by atoms with E-state index in [2.05, 4.69) is 15.7 Å². The Hall–Kier alpha value is -2.06. The Morgan fingerprint density at radius 1 is 1.33 bits per heavy atom. The van der Waals surface area contributed by atoms with Crippen LogP contribution in [-0.2, 0) is 11.5 Å². The Kier molecular flexibility index (Phi) is 4.77. The fourth-order valence-electron chi connectivity index (χ4n) is 2.67. The molecule has 1 aliphatic carbocycles. The summed E-state index contributed by atoms with van der Waals surface area (Å²) in [4.78, 5) is 13.7. The molecule has 0 aliphatic heterocycles. The van der Waals surface area contributed by atoms with Crippen molar-refractivity contribution in [3.63, 3.8) is 0 Å². The standard InChI is InChI=1S/C16H22N6OS/c1-11-5-4-6-12(2)15(11)22-16(24)21(18-19-22)10-20(3)9-14(23)17-13-7-8-13/h4-6,13H,7-10H2,1-3H3,(H,17,23). The van der Waals surface area contributed by atoms with E-state index in [-0.39, 0.29) is 5.91 Å². The van der Waals surface area contributed by atoms with Crippen molar-refractivity contribution in [2.45, 2.75) is 39.4 Å². The third-order valence-electron chi connectivity index (χ3n) is 4.02. The zero-order chi connectivity index (χ0) is 17.3. The first kappa shape index (κ1) is 16.8. The van der Waals surface area contributed by atoms with Crippen LogP contribution in [0.4, 0.5) is 0 Å². The largest absolute Gasteiger partial charge is 0.352 e. The van der Waals surface area contributed by atoms with Gasteiger partial charge in [-0.05, 0) is 67.5 Å². The van der Waals surface area contributed by atoms with Crippen molar-refractivity contribution in [3.05, 3.63) is 34.1 Å². The van der Waals surface area contributed by atoms with Crippen molar-refractivity contribution in [3.8, 4) is 5.69 Å². The van der Waals surface area contributed by atoms with Crippen LogP contribution in [0.15, 0.2) is 18.2 Å². The third-order valence-corrected chi connectivity index (χ3v) is 4.41. The molecule has 0 saturated heterocycles. The molecule has 1 heterocycles. The lowest BCUT2D eigenvalue weighted by atomic mass is 10.1. The van der Waals surface area contributed by atoms with Crippen LogP contribution < -0.4 is 5.32 Å². The van der Waals surface area contributed by atoms with Gasteiger partial charge in [0.05, 0.1) is 18.9 Å². The van der Waals surface area contributed by atoms with E-state index in [9.17, 15) is 4.79 Å². The molecular weight excluding hydrogens is 324 g/mol. The van der Waals surface area contributed by atoms with E-state index in [1.54, 1.807) is 9.36 Å². The second-order valence-corrected chi connectivity index (χ2v) is 6.78. The van der Waals surface area contributed by atoms with Gasteiger partial charge in [-0.3, -0.25) is 9.69 Å². The molecule has 1 N–H and O–H groups in total. The first-order valence-electron chi connectivity index (χ1n) is 8.03. The molecule has 0 radical (unpaired) electrons. The van der Waals surface area contributed by atoms with Gasteiger partial charge in [-0.2, -0.15) is 4.68 Å². The van der Waals surface area contributed by atoms with Gasteiger partial charge in [-0.1, -0.05) is 18.2 Å². The number of nitrogens with one attached hydrogen (secondary N) is 1. The Morgan fingerprint density at radius 3 is 2.62 bits per heavy atom. The molecule has 1 aliphatic rings. The van der Waals surface area contributed by atoms with Crippen molar-refractivity contribution in [2.24, 2.45) is 0 Å². The minimum Gasteiger partial charge on any atom is -0.352 e. The summed E-state index contributed by atoms with van der Waals surface area (Å²) in [5.74, 6) is 0.0358. The van der Waals surface area contributed by atoms with Crippen LogP contribution >= 0.6 is 12.2 Å². The summed E-state index contributed by atoms with van der Waals surface area (Å²) < 4.78 is 3.82. The highest BCUT2D eigenvalue weighted by atomic mass is 32.1. The van der Waals surface area contributed by atoms with E-state index in [0.717, 1.165) is 29.7 Å². The molecule has 3 rings (SSSR count). The van der Waals surface area contributed by atoms with Gasteiger partial charge in [0.1, 0.15) is 0 Å². The molecule has 0 unspecified atom stereocenters. The van der Waals surface area contributed by atoms with Gasteiger partial charge < -0.3 is 5.32 Å². The van der Waals surface area contributed by atoms with E-state index in [1.807, 2.05) is 44.0 Å². The van der Waals surface area contributed by atoms with Crippen molar-refractivity contribution in [2.75, 3.05) is 13.6 Å². The number of hydrogen-bond acceptors (Lipinski definition) is 5. The average Bonchev–Trinajstić information content (AvgIpc) is 3.25. The van der Waals surface area contributed by atoms with Gasteiger partial charge in [-0.25, -0.2) is 4.68 Å². The quantitative estimate of drug-likeness (QED) is 0.805. The molecule has 1 fully saturated rings. The predicted molar refractivity (Wildman–Crippen MR) is 93.5 cm³/mol. The third kappa shape index (κ3) is 3.70. The number of aryl methyl sites for hydroxylation is 2. The first-order chi connectivity index (χ1) is 11.5. The second-order valence-electron chi connectivity index (χ2n) is 6.41. The molecule has 24 heavy (non-hydrogen) atoms. The summed E-state index contributed by atoms with van der Waals surface area (Å²) in [5, 5.41) is 11.3. The Morgan fingerprint density at radius 2 is 2.00 bits per heavy atom. The number of benzene rings is 1. The number of likely N-dealkylation sites (N-methyl/N-ethyl adjacent to an activating group) is 1. The minimum absolute atomic E-state index is 0.0358. The summed E-state index contributed by atoms with van der Waals surface area (Å²) in [5.41, 5.74) is 3.15. The maximum Gasteiger partial charge on any atom is 0.234 e. The number of aromatic nitrogens is 4. The maximum absolute atomic E-state index is 11.9. The highest BCUT2D eigenvalue weighted by molar-refractivity contribution is 7.71. The highest BCUT2D eigenvalue weighted by Crippen LogP contribution is 2.19. The molecule has 0 bridgehead atoms. The second kappa shape index (κ2) is 6.82. The Bertz CT molecular complexity index is 787. The normalized spacial score (nSPS) is 14.2. The number of hydrogen-bond donors (Lipinski definition) is 1. The zero-order valence-corrected chi connectivity index (χ0v) is 15.0. The van der Waals surface area contributed by atoms with E-state index in [1.165, 1.54) is 0 Å². The SMILES string of the molecule is Cc1cccc(C)c1-n1nnn(CN(C)CC(=O)NC2CC2)c1=S. The first-order valence-corrected chi connectivity index (χ1v) is 8.44. The Labute approximate surface area is 146 Å². The predicted octanol–water partition coefficient (Wildman–Crippen LogP) is 1.58. The van der Waals surface area contributed by atoms with E-state index < -0.39 is 0 Å². The summed E-state index contributed by atoms with van der Waals surface area (Å²) in [6.07, 6.45) is 2.18. The molecule has 0 atom stereocenters. The van der Waals surface area contributed by atoms with Crippen molar-refractivity contribution < 1.29 is 4.79 Å². The number of tetrazole rings is 1. The summed E-state index contributed by atoms with van der Waals surface area (Å²) in [6.45, 7) is 4.78. The van der Waals surface area contributed by atoms with E-state index in [4.69, 9.17) is 12.2 Å². The van der Waals surface area contributed by atoms with Crippen molar-refractivity contribution in [1.29, 1.82) is 0 Å².